The Morgan fingerprint density at radius 1 is 0.577 bits per heavy atom. The molecule has 14 heteroatoms. The van der Waals surface area contributed by atoms with Gasteiger partial charge in [-0.15, -0.1) is 0 Å². The monoisotopic (exact) mass is 967 g/mol. The lowest BCUT2D eigenvalue weighted by Crippen LogP contribution is -2.22. The van der Waals surface area contributed by atoms with E-state index in [9.17, 15) is 4.57 Å². The summed E-state index contributed by atoms with van der Waals surface area (Å²) in [5.74, 6) is 0.152. The molecule has 0 fully saturated rings. The topological polar surface area (TPSA) is 44.8 Å². The second kappa shape index (κ2) is 17.0. The quantitative estimate of drug-likeness (QED) is 0.122. The fourth-order valence-electron chi connectivity index (χ4n) is 1.23. The third-order valence-electron chi connectivity index (χ3n) is 3.00. The molecule has 3 atom stereocenters. The van der Waals surface area contributed by atoms with Crippen molar-refractivity contribution in [2.24, 2.45) is 17.8 Å². The van der Waals surface area contributed by atoms with E-state index >= 15 is 0 Å². The summed E-state index contributed by atoms with van der Waals surface area (Å²) in [7, 11) is -3.73. The number of rotatable bonds is 15. The smallest absolute Gasteiger partial charge is 0.286 e. The van der Waals surface area contributed by atoms with Gasteiger partial charge in [0.05, 0.1) is 31.0 Å². The second-order valence-corrected chi connectivity index (χ2v) is 18.3. The van der Waals surface area contributed by atoms with Crippen LogP contribution in [0.25, 0.3) is 0 Å². The Kier molecular flexibility index (Phi) is 19.9. The molecule has 0 heterocycles. The van der Waals surface area contributed by atoms with Crippen molar-refractivity contribution >= 4 is 151 Å². The van der Waals surface area contributed by atoms with E-state index in [0.29, 0.717) is 16.0 Å². The third-order valence-corrected chi connectivity index (χ3v) is 11.4. The van der Waals surface area contributed by atoms with Gasteiger partial charge in [0.1, 0.15) is 0 Å². The lowest BCUT2D eigenvalue weighted by atomic mass is 10.2. The zero-order valence-electron chi connectivity index (χ0n) is 13.2. The van der Waals surface area contributed by atoms with Gasteiger partial charge in [-0.2, -0.15) is 0 Å². The predicted octanol–water partition coefficient (Wildman–Crippen LogP) is 8.53. The van der Waals surface area contributed by atoms with Crippen LogP contribution in [0.1, 0.15) is 0 Å². The van der Waals surface area contributed by atoms with Crippen LogP contribution in [0.4, 0.5) is 0 Å². The van der Waals surface area contributed by atoms with Crippen LogP contribution < -0.4 is 0 Å². The first-order chi connectivity index (χ1) is 12.1. The summed E-state index contributed by atoms with van der Waals surface area (Å²) in [4.78, 5) is 0. The molecule has 0 radical (unpaired) electrons. The number of halogens is 9. The average Bonchev–Trinajstić information content (AvgIpc) is 2.55. The molecule has 0 aliphatic heterocycles. The molecule has 0 saturated carbocycles. The van der Waals surface area contributed by atoms with Gasteiger partial charge in [0.15, 0.2) is 0 Å². The summed E-state index contributed by atoms with van der Waals surface area (Å²) in [5, 5.41) is 1.99. The highest BCUT2D eigenvalue weighted by molar-refractivity contribution is 9.25. The van der Waals surface area contributed by atoms with Crippen molar-refractivity contribution in [3.63, 3.8) is 0 Å². The average molecular weight is 976 g/mol. The van der Waals surface area contributed by atoms with Crippen molar-refractivity contribution in [2.75, 3.05) is 35.8 Å². The van der Waals surface area contributed by atoms with Crippen LogP contribution in [0, 0.1) is 17.8 Å². The van der Waals surface area contributed by atoms with Gasteiger partial charge in [0.2, 0.25) is 0 Å². The highest BCUT2D eigenvalue weighted by Crippen LogP contribution is 2.51. The molecule has 0 amide bonds. The van der Waals surface area contributed by atoms with Crippen molar-refractivity contribution in [3.8, 4) is 0 Å². The summed E-state index contributed by atoms with van der Waals surface area (Å²) >= 11 is 31.0. The minimum absolute atomic E-state index is 0.0114. The minimum Gasteiger partial charge on any atom is -0.286 e. The van der Waals surface area contributed by atoms with E-state index in [4.69, 9.17) is 13.6 Å². The lowest BCUT2D eigenvalue weighted by Gasteiger charge is -2.25. The highest BCUT2D eigenvalue weighted by atomic mass is 79.9. The Hall–Kier alpha value is 4.43. The molecule has 3 unspecified atom stereocenters. The van der Waals surface area contributed by atoms with E-state index in [1.54, 1.807) is 0 Å². The normalized spacial score (nSPS) is 18.3. The Balaban J connectivity index is 5.02. The molecule has 0 aliphatic carbocycles. The molecule has 158 valence electrons. The van der Waals surface area contributed by atoms with Crippen LogP contribution in [0.2, 0.25) is 0 Å². The predicted molar refractivity (Wildman–Crippen MR) is 142 cm³/mol. The van der Waals surface area contributed by atoms with Crippen molar-refractivity contribution in [2.45, 2.75) is 11.2 Å². The molecule has 0 saturated heterocycles. The van der Waals surface area contributed by atoms with Crippen molar-refractivity contribution in [3.05, 3.63) is 0 Å². The van der Waals surface area contributed by atoms with E-state index in [-0.39, 0.29) is 48.8 Å². The van der Waals surface area contributed by atoms with Crippen LogP contribution in [0.15, 0.2) is 0 Å². The Morgan fingerprint density at radius 2 is 0.808 bits per heavy atom. The van der Waals surface area contributed by atoms with Gasteiger partial charge in [0, 0.05) is 33.7 Å². The molecule has 0 aromatic rings. The lowest BCUT2D eigenvalue weighted by molar-refractivity contribution is 0.0898. The molecule has 4 nitrogen and oxygen atoms in total. The van der Waals surface area contributed by atoms with Crippen molar-refractivity contribution in [1.29, 1.82) is 0 Å². The van der Waals surface area contributed by atoms with Crippen LogP contribution >= 0.6 is 151 Å². The Bertz CT molecular complexity index is 359. The molecule has 0 aliphatic rings. The van der Waals surface area contributed by atoms with Crippen molar-refractivity contribution < 1.29 is 18.1 Å². The number of hydrogen-bond acceptors (Lipinski definition) is 4. The molecule has 26 heavy (non-hydrogen) atoms. The van der Waals surface area contributed by atoms with Crippen LogP contribution in [0.3, 0.4) is 0 Å². The van der Waals surface area contributed by atoms with E-state index in [2.05, 4.69) is 143 Å². The largest absolute Gasteiger partial charge is 0.474 e. The van der Waals surface area contributed by atoms with Gasteiger partial charge in [0.25, 0.3) is 0 Å². The first-order valence-electron chi connectivity index (χ1n) is 7.16. The molecule has 0 aromatic heterocycles. The fraction of sp³-hybridized carbons (Fsp3) is 1.00. The van der Waals surface area contributed by atoms with Crippen LogP contribution in [-0.2, 0) is 18.1 Å². The van der Waals surface area contributed by atoms with Gasteiger partial charge in [-0.3, -0.25) is 13.6 Å². The standard InChI is InChI=1S/C12H18Br9O4P/c13-1-7(10(16)17)4-23-26(22,24-5-8(2-14)11(18)19)25-6-9(3-15)12(20)21/h7-12H,1-6H2. The Morgan fingerprint density at radius 3 is 0.962 bits per heavy atom. The van der Waals surface area contributed by atoms with Crippen LogP contribution in [0.5, 0.6) is 0 Å². The zero-order chi connectivity index (χ0) is 20.3. The maximum atomic E-state index is 13.1. The van der Waals surface area contributed by atoms with E-state index < -0.39 is 7.82 Å². The summed E-state index contributed by atoms with van der Waals surface area (Å²) in [6, 6.07) is 0. The molecular formula is C12H18Br9O4P. The molecule has 0 bridgehead atoms. The van der Waals surface area contributed by atoms with E-state index in [1.807, 2.05) is 0 Å². The van der Waals surface area contributed by atoms with Gasteiger partial charge >= 0.3 is 7.82 Å². The molecular weight excluding hydrogens is 958 g/mol. The first kappa shape index (κ1) is 30.4. The molecule has 0 N–H and O–H groups in total. The summed E-state index contributed by atoms with van der Waals surface area (Å²) in [6.07, 6.45) is 0. The minimum atomic E-state index is -3.73. The number of hydrogen-bond donors (Lipinski definition) is 0. The first-order valence-corrected chi connectivity index (χ1v) is 17.5. The maximum absolute atomic E-state index is 13.1. The zero-order valence-corrected chi connectivity index (χ0v) is 28.4. The summed E-state index contributed by atoms with van der Waals surface area (Å²) in [5.41, 5.74) is 0. The van der Waals surface area contributed by atoms with Gasteiger partial charge in [-0.1, -0.05) is 143 Å². The number of alkyl halides is 9. The molecule has 0 spiro atoms. The fourth-order valence-corrected chi connectivity index (χ4v) is 9.30. The number of phosphoric acid groups is 1. The second-order valence-electron chi connectivity index (χ2n) is 5.08. The SMILES string of the molecule is O=P(OCC(CBr)C(Br)Br)(OCC(CBr)C(Br)Br)OCC(CBr)C(Br)Br. The summed E-state index contributed by atoms with van der Waals surface area (Å²) < 4.78 is 30.0. The molecule has 0 rings (SSSR count). The van der Waals surface area contributed by atoms with Gasteiger partial charge in [-0.05, 0) is 0 Å². The number of phosphoric ester groups is 1. The van der Waals surface area contributed by atoms with Crippen LogP contribution in [-0.4, -0.2) is 47.0 Å². The third kappa shape index (κ3) is 13.1. The van der Waals surface area contributed by atoms with E-state index in [0.717, 1.165) is 0 Å². The van der Waals surface area contributed by atoms with Gasteiger partial charge < -0.3 is 0 Å². The highest BCUT2D eigenvalue weighted by Gasteiger charge is 2.33. The van der Waals surface area contributed by atoms with Crippen molar-refractivity contribution in [1.82, 2.24) is 0 Å². The van der Waals surface area contributed by atoms with E-state index in [1.165, 1.54) is 0 Å². The summed E-state index contributed by atoms with van der Waals surface area (Å²) in [6.45, 7) is 0.624. The van der Waals surface area contributed by atoms with Gasteiger partial charge in [-0.25, -0.2) is 4.57 Å². The Labute approximate surface area is 230 Å². The maximum Gasteiger partial charge on any atom is 0.474 e. The molecule has 0 aromatic carbocycles.